The van der Waals surface area contributed by atoms with Crippen molar-refractivity contribution in [2.75, 3.05) is 11.9 Å². The Bertz CT molecular complexity index is 530. The van der Waals surface area contributed by atoms with E-state index in [9.17, 15) is 0 Å². The zero-order valence-electron chi connectivity index (χ0n) is 9.98. The maximum atomic E-state index is 4.22. The van der Waals surface area contributed by atoms with Crippen molar-refractivity contribution < 1.29 is 0 Å². The Balaban J connectivity index is 2.00. The predicted molar refractivity (Wildman–Crippen MR) is 67.9 cm³/mol. The third-order valence-corrected chi connectivity index (χ3v) is 3.16. The third-order valence-electron chi connectivity index (χ3n) is 3.16. The summed E-state index contributed by atoms with van der Waals surface area (Å²) in [5.41, 5.74) is 3.79. The summed E-state index contributed by atoms with van der Waals surface area (Å²) in [5.74, 6) is 0.961. The van der Waals surface area contributed by atoms with Crippen molar-refractivity contribution in [3.05, 3.63) is 30.1 Å². The second-order valence-electron chi connectivity index (χ2n) is 4.40. The molecule has 0 bridgehead atoms. The van der Waals surface area contributed by atoms with Gasteiger partial charge in [0.15, 0.2) is 5.82 Å². The van der Waals surface area contributed by atoms with Crippen LogP contribution in [-0.2, 0) is 13.0 Å². The van der Waals surface area contributed by atoms with Crippen LogP contribution in [0.3, 0.4) is 0 Å². The quantitative estimate of drug-likeness (QED) is 0.876. The van der Waals surface area contributed by atoms with E-state index < -0.39 is 0 Å². The van der Waals surface area contributed by atoms with Crippen molar-refractivity contribution in [3.8, 4) is 11.4 Å². The van der Waals surface area contributed by atoms with Gasteiger partial charge in [-0.15, -0.1) is 10.2 Å². The predicted octanol–water partition coefficient (Wildman–Crippen LogP) is 2.32. The average Bonchev–Trinajstić information content (AvgIpc) is 2.96. The molecule has 0 radical (unpaired) electrons. The Labute approximate surface area is 101 Å². The van der Waals surface area contributed by atoms with E-state index in [0.29, 0.717) is 0 Å². The normalized spacial score (nSPS) is 13.5. The smallest absolute Gasteiger partial charge is 0.163 e. The molecule has 88 valence electrons. The van der Waals surface area contributed by atoms with Gasteiger partial charge in [0, 0.05) is 24.3 Å². The summed E-state index contributed by atoms with van der Waals surface area (Å²) in [5, 5.41) is 11.6. The van der Waals surface area contributed by atoms with E-state index in [1.807, 2.05) is 0 Å². The molecule has 1 N–H and O–H groups in total. The first-order chi connectivity index (χ1) is 8.38. The first kappa shape index (κ1) is 10.3. The molecular formula is C13H16N4. The molecule has 1 aliphatic rings. The van der Waals surface area contributed by atoms with Gasteiger partial charge in [0.05, 0.1) is 0 Å². The lowest BCUT2D eigenvalue weighted by Gasteiger charge is -2.06. The molecular weight excluding hydrogens is 212 g/mol. The summed E-state index contributed by atoms with van der Waals surface area (Å²) in [7, 11) is 0. The fraction of sp³-hybridized carbons (Fsp3) is 0.385. The molecule has 1 aromatic heterocycles. The van der Waals surface area contributed by atoms with Gasteiger partial charge < -0.3 is 9.88 Å². The van der Waals surface area contributed by atoms with Crippen LogP contribution in [-0.4, -0.2) is 21.3 Å². The molecule has 4 nitrogen and oxygen atoms in total. The summed E-state index contributed by atoms with van der Waals surface area (Å²) in [6.07, 6.45) is 4.02. The van der Waals surface area contributed by atoms with E-state index in [1.165, 1.54) is 11.3 Å². The maximum absolute atomic E-state index is 4.22. The standard InChI is InChI=1S/C13H16N4/c1-2-7-17-9-15-16-13(17)11-4-3-10-5-6-14-12(10)8-11/h3-4,8-9,14H,2,5-7H2,1H3. The van der Waals surface area contributed by atoms with E-state index in [2.05, 4.69) is 45.2 Å². The molecule has 0 aliphatic carbocycles. The molecule has 0 saturated heterocycles. The van der Waals surface area contributed by atoms with Crippen molar-refractivity contribution in [3.63, 3.8) is 0 Å². The number of nitrogens with one attached hydrogen (secondary N) is 1. The number of nitrogens with zero attached hydrogens (tertiary/aromatic N) is 3. The molecule has 4 heteroatoms. The van der Waals surface area contributed by atoms with Crippen LogP contribution in [0.4, 0.5) is 5.69 Å². The fourth-order valence-electron chi connectivity index (χ4n) is 2.31. The molecule has 1 aromatic carbocycles. The lowest BCUT2D eigenvalue weighted by Crippen LogP contribution is -1.98. The van der Waals surface area contributed by atoms with Gasteiger partial charge in [0.25, 0.3) is 0 Å². The van der Waals surface area contributed by atoms with Gasteiger partial charge >= 0.3 is 0 Å². The molecule has 2 aromatic rings. The SMILES string of the molecule is CCCn1cnnc1-c1ccc2c(c1)NCC2. The summed E-state index contributed by atoms with van der Waals surface area (Å²) >= 11 is 0. The molecule has 1 aliphatic heterocycles. The number of aryl methyl sites for hydroxylation is 1. The van der Waals surface area contributed by atoms with Gasteiger partial charge in [-0.3, -0.25) is 0 Å². The molecule has 17 heavy (non-hydrogen) atoms. The van der Waals surface area contributed by atoms with Gasteiger partial charge in [-0.05, 0) is 24.5 Å². The van der Waals surface area contributed by atoms with Gasteiger partial charge in [-0.25, -0.2) is 0 Å². The van der Waals surface area contributed by atoms with Crippen LogP contribution in [0.2, 0.25) is 0 Å². The third kappa shape index (κ3) is 1.79. The van der Waals surface area contributed by atoms with Crippen molar-refractivity contribution in [1.29, 1.82) is 0 Å². The van der Waals surface area contributed by atoms with Crippen LogP contribution in [0.15, 0.2) is 24.5 Å². The number of rotatable bonds is 3. The van der Waals surface area contributed by atoms with E-state index in [0.717, 1.165) is 37.3 Å². The highest BCUT2D eigenvalue weighted by atomic mass is 15.3. The highest BCUT2D eigenvalue weighted by Gasteiger charge is 2.13. The minimum absolute atomic E-state index is 0.961. The number of anilines is 1. The van der Waals surface area contributed by atoms with Crippen LogP contribution in [0.1, 0.15) is 18.9 Å². The zero-order chi connectivity index (χ0) is 11.7. The van der Waals surface area contributed by atoms with Crippen LogP contribution in [0.5, 0.6) is 0 Å². The molecule has 0 unspecified atom stereocenters. The fourth-order valence-corrected chi connectivity index (χ4v) is 2.31. The van der Waals surface area contributed by atoms with Crippen molar-refractivity contribution in [2.24, 2.45) is 0 Å². The number of fused-ring (bicyclic) bond motifs is 1. The summed E-state index contributed by atoms with van der Waals surface area (Å²) in [4.78, 5) is 0. The van der Waals surface area contributed by atoms with Crippen LogP contribution in [0.25, 0.3) is 11.4 Å². The van der Waals surface area contributed by atoms with Crippen molar-refractivity contribution >= 4 is 5.69 Å². The Hall–Kier alpha value is -1.84. The molecule has 0 amide bonds. The Morgan fingerprint density at radius 3 is 3.24 bits per heavy atom. The van der Waals surface area contributed by atoms with Gasteiger partial charge in [0.2, 0.25) is 0 Å². The lowest BCUT2D eigenvalue weighted by molar-refractivity contribution is 0.683. The Morgan fingerprint density at radius 2 is 2.35 bits per heavy atom. The zero-order valence-corrected chi connectivity index (χ0v) is 9.98. The van der Waals surface area contributed by atoms with E-state index in [-0.39, 0.29) is 0 Å². The second-order valence-corrected chi connectivity index (χ2v) is 4.40. The summed E-state index contributed by atoms with van der Waals surface area (Å²) in [6, 6.07) is 6.51. The molecule has 0 saturated carbocycles. The lowest BCUT2D eigenvalue weighted by atomic mass is 10.1. The van der Waals surface area contributed by atoms with Crippen LogP contribution < -0.4 is 5.32 Å². The summed E-state index contributed by atoms with van der Waals surface area (Å²) in [6.45, 7) is 4.17. The van der Waals surface area contributed by atoms with Crippen molar-refractivity contribution in [1.82, 2.24) is 14.8 Å². The van der Waals surface area contributed by atoms with Gasteiger partial charge in [-0.1, -0.05) is 19.1 Å². The monoisotopic (exact) mass is 228 g/mol. The van der Waals surface area contributed by atoms with Gasteiger partial charge in [-0.2, -0.15) is 0 Å². The van der Waals surface area contributed by atoms with E-state index >= 15 is 0 Å². The van der Waals surface area contributed by atoms with Gasteiger partial charge in [0.1, 0.15) is 6.33 Å². The van der Waals surface area contributed by atoms with Crippen molar-refractivity contribution in [2.45, 2.75) is 26.3 Å². The number of aromatic nitrogens is 3. The highest BCUT2D eigenvalue weighted by Crippen LogP contribution is 2.27. The first-order valence-corrected chi connectivity index (χ1v) is 6.13. The highest BCUT2D eigenvalue weighted by molar-refractivity contribution is 5.67. The van der Waals surface area contributed by atoms with Crippen LogP contribution in [0, 0.1) is 0 Å². The van der Waals surface area contributed by atoms with Crippen LogP contribution >= 0.6 is 0 Å². The number of benzene rings is 1. The largest absolute Gasteiger partial charge is 0.384 e. The van der Waals surface area contributed by atoms with E-state index in [4.69, 9.17) is 0 Å². The molecule has 0 fully saturated rings. The molecule has 0 atom stereocenters. The second kappa shape index (κ2) is 4.20. The molecule has 3 rings (SSSR count). The molecule has 2 heterocycles. The Kier molecular flexibility index (Phi) is 2.55. The Morgan fingerprint density at radius 1 is 1.41 bits per heavy atom. The first-order valence-electron chi connectivity index (χ1n) is 6.13. The molecule has 0 spiro atoms. The number of hydrogen-bond acceptors (Lipinski definition) is 3. The topological polar surface area (TPSA) is 42.7 Å². The number of hydrogen-bond donors (Lipinski definition) is 1. The maximum Gasteiger partial charge on any atom is 0.163 e. The average molecular weight is 228 g/mol. The minimum atomic E-state index is 0.961. The van der Waals surface area contributed by atoms with E-state index in [1.54, 1.807) is 6.33 Å². The summed E-state index contributed by atoms with van der Waals surface area (Å²) < 4.78 is 2.11. The minimum Gasteiger partial charge on any atom is -0.384 e.